The number of nitro groups is 1. The second-order valence-electron chi connectivity index (χ2n) is 3.71. The van der Waals surface area contributed by atoms with Crippen LogP contribution in [0.3, 0.4) is 0 Å². The molecule has 2 aromatic heterocycles. The van der Waals surface area contributed by atoms with E-state index in [4.69, 9.17) is 0 Å². The first-order valence-electron chi connectivity index (χ1n) is 5.60. The van der Waals surface area contributed by atoms with Crippen LogP contribution in [-0.4, -0.2) is 24.0 Å². The highest BCUT2D eigenvalue weighted by Crippen LogP contribution is 2.19. The Kier molecular flexibility index (Phi) is 4.13. The number of hydrogen-bond acceptors (Lipinski definition) is 5. The normalized spacial score (nSPS) is 12.3. The number of aromatic nitrogens is 3. The van der Waals surface area contributed by atoms with Crippen LogP contribution in [0.2, 0.25) is 0 Å². The molecule has 0 aromatic carbocycles. The van der Waals surface area contributed by atoms with E-state index in [0.29, 0.717) is 17.3 Å². The average molecular weight is 280 g/mol. The van der Waals surface area contributed by atoms with Crippen molar-refractivity contribution >= 4 is 17.0 Å². The molecule has 2 rings (SSSR count). The van der Waals surface area contributed by atoms with Gasteiger partial charge in [-0.1, -0.05) is 0 Å². The van der Waals surface area contributed by atoms with Gasteiger partial charge < -0.3 is 14.7 Å². The van der Waals surface area contributed by atoms with Gasteiger partial charge in [-0.25, -0.2) is 9.55 Å². The summed E-state index contributed by atoms with van der Waals surface area (Å²) in [5.74, 6) is 0.514. The lowest BCUT2D eigenvalue weighted by Gasteiger charge is -2.08. The van der Waals surface area contributed by atoms with E-state index in [1.807, 2.05) is 0 Å². The standard InChI is InChI=1S/C11H12N4O3S/c1-2-14-10(13-7-11(14)15(16)17)8-19(18)9-3-5-12-6-4-9/h3-7H,2,8H2,1H3. The predicted molar refractivity (Wildman–Crippen MR) is 68.9 cm³/mol. The van der Waals surface area contributed by atoms with E-state index in [0.717, 1.165) is 0 Å². The van der Waals surface area contributed by atoms with Crippen molar-refractivity contribution in [1.29, 1.82) is 0 Å². The molecule has 0 bridgehead atoms. The van der Waals surface area contributed by atoms with E-state index < -0.39 is 16.1 Å². The Bertz CT molecular complexity index is 573. The lowest BCUT2D eigenvalue weighted by molar-refractivity contribution is -0.392. The minimum absolute atomic E-state index is 0.0794. The van der Waals surface area contributed by atoms with E-state index in [-0.39, 0.29) is 11.6 Å². The first-order chi connectivity index (χ1) is 9.13. The summed E-state index contributed by atoms with van der Waals surface area (Å²) in [5.41, 5.74) is 0. The van der Waals surface area contributed by atoms with Gasteiger partial charge in [0.2, 0.25) is 5.82 Å². The van der Waals surface area contributed by atoms with E-state index >= 15 is 0 Å². The maximum Gasteiger partial charge on any atom is 0.342 e. The van der Waals surface area contributed by atoms with Gasteiger partial charge in [0.25, 0.3) is 0 Å². The largest absolute Gasteiger partial charge is 0.611 e. The molecule has 0 amide bonds. The molecule has 0 fully saturated rings. The van der Waals surface area contributed by atoms with Gasteiger partial charge in [0.15, 0.2) is 10.6 Å². The van der Waals surface area contributed by atoms with Crippen molar-refractivity contribution < 1.29 is 9.48 Å². The summed E-state index contributed by atoms with van der Waals surface area (Å²) in [7, 11) is 0. The minimum atomic E-state index is -1.29. The summed E-state index contributed by atoms with van der Waals surface area (Å²) in [6.07, 6.45) is 4.31. The molecule has 1 atom stereocenters. The zero-order chi connectivity index (χ0) is 13.8. The molecule has 0 N–H and O–H groups in total. The van der Waals surface area contributed by atoms with E-state index in [1.165, 1.54) is 10.8 Å². The number of hydrogen-bond donors (Lipinski definition) is 0. The Balaban J connectivity index is 2.22. The van der Waals surface area contributed by atoms with E-state index in [9.17, 15) is 14.7 Å². The third kappa shape index (κ3) is 2.91. The SMILES string of the molecule is CCn1c([N+](=O)[O-])cnc1C[S+]([O-])c1ccncc1. The Morgan fingerprint density at radius 2 is 2.11 bits per heavy atom. The number of pyridine rings is 1. The lowest BCUT2D eigenvalue weighted by atomic mass is 10.5. The first-order valence-corrected chi connectivity index (χ1v) is 6.92. The molecule has 0 saturated heterocycles. The summed E-state index contributed by atoms with van der Waals surface area (Å²) in [6.45, 7) is 2.20. The van der Waals surface area contributed by atoms with Crippen molar-refractivity contribution in [3.63, 3.8) is 0 Å². The quantitative estimate of drug-likeness (QED) is 0.470. The van der Waals surface area contributed by atoms with E-state index in [1.54, 1.807) is 31.5 Å². The van der Waals surface area contributed by atoms with Crippen LogP contribution in [0.5, 0.6) is 0 Å². The molecule has 0 aliphatic rings. The molecule has 100 valence electrons. The maximum absolute atomic E-state index is 12.1. The van der Waals surface area contributed by atoms with Crippen LogP contribution in [0, 0.1) is 10.1 Å². The second kappa shape index (κ2) is 5.81. The predicted octanol–water partition coefficient (Wildman–Crippen LogP) is 1.51. The maximum atomic E-state index is 12.1. The average Bonchev–Trinajstić information content (AvgIpc) is 2.82. The first kappa shape index (κ1) is 13.5. The van der Waals surface area contributed by atoms with Gasteiger partial charge in [0, 0.05) is 24.5 Å². The van der Waals surface area contributed by atoms with Gasteiger partial charge in [0.05, 0.1) is 6.54 Å². The Morgan fingerprint density at radius 1 is 1.42 bits per heavy atom. The van der Waals surface area contributed by atoms with Crippen LogP contribution in [0.15, 0.2) is 35.6 Å². The summed E-state index contributed by atoms with van der Waals surface area (Å²) < 4.78 is 13.6. The van der Waals surface area contributed by atoms with E-state index in [2.05, 4.69) is 9.97 Å². The Morgan fingerprint density at radius 3 is 2.68 bits per heavy atom. The monoisotopic (exact) mass is 280 g/mol. The summed E-state index contributed by atoms with van der Waals surface area (Å²) in [5, 5.41) is 10.8. The zero-order valence-corrected chi connectivity index (χ0v) is 11.0. The fourth-order valence-electron chi connectivity index (χ4n) is 1.70. The molecule has 7 nitrogen and oxygen atoms in total. The van der Waals surface area contributed by atoms with Crippen LogP contribution in [0.4, 0.5) is 5.82 Å². The minimum Gasteiger partial charge on any atom is -0.611 e. The van der Waals surface area contributed by atoms with Crippen LogP contribution in [-0.2, 0) is 23.5 Å². The zero-order valence-electron chi connectivity index (χ0n) is 10.2. The molecule has 8 heteroatoms. The Labute approximate surface area is 112 Å². The molecular weight excluding hydrogens is 268 g/mol. The van der Waals surface area contributed by atoms with Gasteiger partial charge in [-0.2, -0.15) is 0 Å². The van der Waals surface area contributed by atoms with Crippen molar-refractivity contribution in [3.8, 4) is 0 Å². The fourth-order valence-corrected chi connectivity index (χ4v) is 2.76. The number of imidazole rings is 1. The molecule has 0 saturated carbocycles. The molecule has 1 unspecified atom stereocenters. The molecular formula is C11H12N4O3S. The van der Waals surface area contributed by atoms with Crippen molar-refractivity contribution in [1.82, 2.24) is 14.5 Å². The van der Waals surface area contributed by atoms with Crippen LogP contribution in [0.25, 0.3) is 0 Å². The van der Waals surface area contributed by atoms with Gasteiger partial charge in [-0.15, -0.1) is 0 Å². The van der Waals surface area contributed by atoms with Crippen molar-refractivity contribution in [2.24, 2.45) is 0 Å². The molecule has 19 heavy (non-hydrogen) atoms. The molecule has 0 radical (unpaired) electrons. The van der Waals surface area contributed by atoms with Crippen molar-refractivity contribution in [3.05, 3.63) is 46.7 Å². The number of rotatable bonds is 5. The van der Waals surface area contributed by atoms with Gasteiger partial charge in [-0.05, 0) is 23.0 Å². The highest BCUT2D eigenvalue weighted by Gasteiger charge is 2.23. The van der Waals surface area contributed by atoms with Crippen LogP contribution >= 0.6 is 0 Å². The fraction of sp³-hybridized carbons (Fsp3) is 0.273. The smallest absolute Gasteiger partial charge is 0.342 e. The molecule has 2 heterocycles. The summed E-state index contributed by atoms with van der Waals surface area (Å²) >= 11 is -1.29. The second-order valence-corrected chi connectivity index (χ2v) is 5.16. The third-order valence-electron chi connectivity index (χ3n) is 2.59. The highest BCUT2D eigenvalue weighted by atomic mass is 32.2. The molecule has 0 spiro atoms. The molecule has 0 aliphatic carbocycles. The van der Waals surface area contributed by atoms with Gasteiger partial charge >= 0.3 is 5.82 Å². The summed E-state index contributed by atoms with van der Waals surface area (Å²) in [4.78, 5) is 18.8. The van der Waals surface area contributed by atoms with Crippen LogP contribution < -0.4 is 0 Å². The third-order valence-corrected chi connectivity index (χ3v) is 3.91. The lowest BCUT2D eigenvalue weighted by Crippen LogP contribution is -2.12. The van der Waals surface area contributed by atoms with Crippen LogP contribution in [0.1, 0.15) is 12.7 Å². The van der Waals surface area contributed by atoms with Gasteiger partial charge in [-0.3, -0.25) is 4.98 Å². The highest BCUT2D eigenvalue weighted by molar-refractivity contribution is 7.90. The van der Waals surface area contributed by atoms with Gasteiger partial charge in [0.1, 0.15) is 6.20 Å². The van der Waals surface area contributed by atoms with Crippen molar-refractivity contribution in [2.75, 3.05) is 0 Å². The molecule has 0 aliphatic heterocycles. The topological polar surface area (TPSA) is 96.9 Å². The number of nitrogens with zero attached hydrogens (tertiary/aromatic N) is 4. The molecule has 2 aromatic rings. The van der Waals surface area contributed by atoms with Crippen molar-refractivity contribution in [2.45, 2.75) is 24.1 Å². The summed E-state index contributed by atoms with van der Waals surface area (Å²) in [6, 6.07) is 3.31. The Hall–Kier alpha value is -1.93.